The number of unbranched alkanes of at least 4 members (excludes halogenated alkanes) is 1. The van der Waals surface area contributed by atoms with Crippen molar-refractivity contribution < 1.29 is 4.79 Å². The van der Waals surface area contributed by atoms with Crippen molar-refractivity contribution in [2.24, 2.45) is 0 Å². The molecule has 0 amide bonds. The lowest BCUT2D eigenvalue weighted by molar-refractivity contribution is 0.0979. The molecule has 0 bridgehead atoms. The lowest BCUT2D eigenvalue weighted by Gasteiger charge is -2.12. The molecule has 0 saturated carbocycles. The maximum absolute atomic E-state index is 12.8. The van der Waals surface area contributed by atoms with Crippen LogP contribution in [0.4, 0.5) is 0 Å². The molecular formula is C27H26N4O. The fourth-order valence-electron chi connectivity index (χ4n) is 4.28. The average Bonchev–Trinajstić information content (AvgIpc) is 3.56. The zero-order chi connectivity index (χ0) is 21.8. The van der Waals surface area contributed by atoms with Gasteiger partial charge in [0.2, 0.25) is 0 Å². The number of ketones is 1. The summed E-state index contributed by atoms with van der Waals surface area (Å²) < 4.78 is 2.04. The van der Waals surface area contributed by atoms with Crippen LogP contribution in [0.1, 0.15) is 54.6 Å². The van der Waals surface area contributed by atoms with Crippen molar-refractivity contribution in [1.29, 1.82) is 0 Å². The molecule has 0 aliphatic heterocycles. The molecule has 32 heavy (non-hydrogen) atoms. The van der Waals surface area contributed by atoms with Crippen LogP contribution in [0.5, 0.6) is 0 Å². The molecule has 0 saturated heterocycles. The van der Waals surface area contributed by atoms with Gasteiger partial charge in [0, 0.05) is 36.5 Å². The number of hydrogen-bond donors (Lipinski definition) is 0. The van der Waals surface area contributed by atoms with Crippen molar-refractivity contribution in [2.75, 3.05) is 0 Å². The molecule has 5 nitrogen and oxygen atoms in total. The second-order valence-corrected chi connectivity index (χ2v) is 8.29. The van der Waals surface area contributed by atoms with Crippen LogP contribution in [0, 0.1) is 0 Å². The summed E-state index contributed by atoms with van der Waals surface area (Å²) in [6.07, 6.45) is 13.4. The van der Waals surface area contributed by atoms with Crippen LogP contribution < -0.4 is 0 Å². The van der Waals surface area contributed by atoms with Crippen LogP contribution in [0.2, 0.25) is 0 Å². The van der Waals surface area contributed by atoms with Gasteiger partial charge in [0.1, 0.15) is 0 Å². The predicted octanol–water partition coefficient (Wildman–Crippen LogP) is 6.11. The fourth-order valence-corrected chi connectivity index (χ4v) is 4.28. The quantitative estimate of drug-likeness (QED) is 0.254. The highest BCUT2D eigenvalue weighted by Gasteiger charge is 2.18. The Balaban J connectivity index is 1.40. The predicted molar refractivity (Wildman–Crippen MR) is 127 cm³/mol. The van der Waals surface area contributed by atoms with Crippen LogP contribution in [0.25, 0.3) is 27.9 Å². The maximum Gasteiger partial charge on any atom is 0.162 e. The number of benzene rings is 2. The minimum atomic E-state index is 0.156. The first kappa shape index (κ1) is 20.3. The summed E-state index contributed by atoms with van der Waals surface area (Å²) >= 11 is 0. The number of rotatable bonds is 8. The van der Waals surface area contributed by atoms with Crippen LogP contribution in [0.15, 0.2) is 73.3 Å². The summed E-state index contributed by atoms with van der Waals surface area (Å²) in [7, 11) is 0. The zero-order valence-electron chi connectivity index (χ0n) is 18.1. The van der Waals surface area contributed by atoms with Gasteiger partial charge in [0.15, 0.2) is 5.78 Å². The molecule has 1 aliphatic carbocycles. The van der Waals surface area contributed by atoms with Crippen molar-refractivity contribution in [3.05, 3.63) is 84.6 Å². The molecule has 0 N–H and O–H groups in total. The van der Waals surface area contributed by atoms with E-state index in [4.69, 9.17) is 9.97 Å². The van der Waals surface area contributed by atoms with Gasteiger partial charge in [-0.3, -0.25) is 4.79 Å². The maximum atomic E-state index is 12.8. The van der Waals surface area contributed by atoms with E-state index in [9.17, 15) is 4.79 Å². The third-order valence-electron chi connectivity index (χ3n) is 6.01. The molecule has 2 aromatic heterocycles. The number of aryl methyl sites for hydroxylation is 1. The van der Waals surface area contributed by atoms with E-state index < -0.39 is 0 Å². The average molecular weight is 423 g/mol. The van der Waals surface area contributed by atoms with Crippen LogP contribution in [-0.2, 0) is 6.54 Å². The molecule has 4 aromatic rings. The van der Waals surface area contributed by atoms with Gasteiger partial charge in [-0.1, -0.05) is 36.4 Å². The number of carbonyl (C=O) groups excluding carboxylic acids is 1. The van der Waals surface area contributed by atoms with Crippen LogP contribution in [-0.4, -0.2) is 25.3 Å². The van der Waals surface area contributed by atoms with Crippen molar-refractivity contribution in [3.8, 4) is 11.3 Å². The minimum absolute atomic E-state index is 0.156. The topological polar surface area (TPSA) is 60.7 Å². The van der Waals surface area contributed by atoms with Gasteiger partial charge in [-0.25, -0.2) is 15.0 Å². The van der Waals surface area contributed by atoms with Gasteiger partial charge < -0.3 is 4.57 Å². The number of carbonyl (C=O) groups is 1. The Morgan fingerprint density at radius 2 is 1.84 bits per heavy atom. The van der Waals surface area contributed by atoms with Gasteiger partial charge in [-0.2, -0.15) is 0 Å². The van der Waals surface area contributed by atoms with Gasteiger partial charge in [-0.05, 0) is 55.9 Å². The number of fused-ring (bicyclic) bond motifs is 1. The molecule has 0 fully saturated rings. The molecule has 2 heterocycles. The first-order chi connectivity index (χ1) is 15.8. The van der Waals surface area contributed by atoms with Crippen molar-refractivity contribution in [1.82, 2.24) is 19.5 Å². The standard InChI is InChI=1S/C27H26N4O/c32-25(12-6-7-16-31-17-15-28-19-31)22-13-14-23-24(18-22)30-27(20-8-2-1-3-9-20)26(29-23)21-10-4-5-11-21/h1-3,8-10,13-15,17-19H,4-7,11-12,16H2. The first-order valence-electron chi connectivity index (χ1n) is 11.3. The first-order valence-corrected chi connectivity index (χ1v) is 11.3. The highest BCUT2D eigenvalue weighted by molar-refractivity contribution is 5.99. The van der Waals surface area contributed by atoms with E-state index in [2.05, 4.69) is 23.2 Å². The third-order valence-corrected chi connectivity index (χ3v) is 6.01. The summed E-state index contributed by atoms with van der Waals surface area (Å²) in [5.74, 6) is 0.156. The van der Waals surface area contributed by atoms with Gasteiger partial charge in [0.25, 0.3) is 0 Å². The van der Waals surface area contributed by atoms with E-state index in [1.807, 2.05) is 53.5 Å². The summed E-state index contributed by atoms with van der Waals surface area (Å²) in [4.78, 5) is 26.8. The van der Waals surface area contributed by atoms with Crippen molar-refractivity contribution >= 4 is 22.4 Å². The number of imidazole rings is 1. The number of Topliss-reactive ketones (excluding diaryl/α,β-unsaturated/α-hetero) is 1. The monoisotopic (exact) mass is 422 g/mol. The summed E-state index contributed by atoms with van der Waals surface area (Å²) in [6, 6.07) is 15.9. The van der Waals surface area contributed by atoms with E-state index in [0.29, 0.717) is 12.0 Å². The van der Waals surface area contributed by atoms with Crippen LogP contribution in [0.3, 0.4) is 0 Å². The third kappa shape index (κ3) is 4.37. The van der Waals surface area contributed by atoms with E-state index >= 15 is 0 Å². The molecule has 0 unspecified atom stereocenters. The van der Waals surface area contributed by atoms with Gasteiger partial charge in [0.05, 0.1) is 28.7 Å². The van der Waals surface area contributed by atoms with Gasteiger partial charge in [-0.15, -0.1) is 0 Å². The Bertz CT molecular complexity index is 1260. The second-order valence-electron chi connectivity index (χ2n) is 8.29. The Labute approximate surface area is 187 Å². The Kier molecular flexibility index (Phi) is 5.88. The molecule has 5 rings (SSSR count). The lowest BCUT2D eigenvalue weighted by Crippen LogP contribution is -2.03. The van der Waals surface area contributed by atoms with E-state index in [1.165, 1.54) is 5.57 Å². The smallest absolute Gasteiger partial charge is 0.162 e. The van der Waals surface area contributed by atoms with Crippen molar-refractivity contribution in [2.45, 2.75) is 45.1 Å². The molecule has 160 valence electrons. The number of aromatic nitrogens is 4. The fraction of sp³-hybridized carbons (Fsp3) is 0.259. The molecule has 5 heteroatoms. The molecular weight excluding hydrogens is 396 g/mol. The molecule has 1 aliphatic rings. The largest absolute Gasteiger partial charge is 0.337 e. The normalized spacial score (nSPS) is 13.4. The summed E-state index contributed by atoms with van der Waals surface area (Å²) in [5, 5.41) is 0. The molecule has 2 aromatic carbocycles. The molecule has 0 radical (unpaired) electrons. The van der Waals surface area contributed by atoms with E-state index in [0.717, 1.165) is 66.6 Å². The Hall–Kier alpha value is -3.60. The van der Waals surface area contributed by atoms with Gasteiger partial charge >= 0.3 is 0 Å². The minimum Gasteiger partial charge on any atom is -0.337 e. The SMILES string of the molecule is O=C(CCCCn1ccnc1)c1ccc2nc(C3=CCCC3)c(-c3ccccc3)nc2c1. The van der Waals surface area contributed by atoms with E-state index in [-0.39, 0.29) is 5.78 Å². The summed E-state index contributed by atoms with van der Waals surface area (Å²) in [5.41, 5.74) is 6.52. The Morgan fingerprint density at radius 3 is 2.62 bits per heavy atom. The zero-order valence-corrected chi connectivity index (χ0v) is 18.1. The highest BCUT2D eigenvalue weighted by Crippen LogP contribution is 2.34. The number of nitrogens with zero attached hydrogens (tertiary/aromatic N) is 4. The highest BCUT2D eigenvalue weighted by atomic mass is 16.1. The second kappa shape index (κ2) is 9.27. The van der Waals surface area contributed by atoms with E-state index in [1.54, 1.807) is 6.20 Å². The van der Waals surface area contributed by atoms with Crippen molar-refractivity contribution in [3.63, 3.8) is 0 Å². The molecule has 0 spiro atoms. The lowest BCUT2D eigenvalue weighted by atomic mass is 10.0. The Morgan fingerprint density at radius 1 is 0.969 bits per heavy atom. The van der Waals surface area contributed by atoms with Crippen LogP contribution >= 0.6 is 0 Å². The molecule has 0 atom stereocenters. The number of allylic oxidation sites excluding steroid dienone is 2. The number of hydrogen-bond acceptors (Lipinski definition) is 4. The summed E-state index contributed by atoms with van der Waals surface area (Å²) in [6.45, 7) is 0.884.